The van der Waals surface area contributed by atoms with Crippen LogP contribution in [0.4, 0.5) is 0 Å². The molecule has 26 heavy (non-hydrogen) atoms. The van der Waals surface area contributed by atoms with Gasteiger partial charge in [0.05, 0.1) is 6.26 Å². The Kier molecular flexibility index (Phi) is 5.34. The second kappa shape index (κ2) is 7.36. The van der Waals surface area contributed by atoms with Crippen LogP contribution in [0.3, 0.4) is 0 Å². The number of piperidine rings is 1. The van der Waals surface area contributed by atoms with Gasteiger partial charge in [0.15, 0.2) is 0 Å². The lowest BCUT2D eigenvalue weighted by atomic mass is 10.0. The molecular weight excluding hydrogens is 354 g/mol. The number of hydrogen-bond donors (Lipinski definition) is 1. The molecule has 0 unspecified atom stereocenters. The third kappa shape index (κ3) is 3.91. The molecule has 8 heteroatoms. The highest BCUT2D eigenvalue weighted by Crippen LogP contribution is 2.26. The zero-order chi connectivity index (χ0) is 18.9. The first-order chi connectivity index (χ1) is 12.3. The molecule has 0 saturated carbocycles. The number of nitrogens with zero attached hydrogens (tertiary/aromatic N) is 2. The minimum Gasteiger partial charge on any atom is -0.341 e. The van der Waals surface area contributed by atoms with E-state index in [4.69, 9.17) is 0 Å². The molecule has 7 nitrogen and oxygen atoms in total. The van der Waals surface area contributed by atoms with Gasteiger partial charge >= 0.3 is 0 Å². The van der Waals surface area contributed by atoms with Crippen molar-refractivity contribution in [3.8, 4) is 0 Å². The zero-order valence-corrected chi connectivity index (χ0v) is 16.0. The first kappa shape index (κ1) is 18.8. The van der Waals surface area contributed by atoms with Crippen LogP contribution in [0.15, 0.2) is 24.3 Å². The lowest BCUT2D eigenvalue weighted by Gasteiger charge is -2.36. The van der Waals surface area contributed by atoms with Gasteiger partial charge in [0.25, 0.3) is 5.91 Å². The predicted octanol–water partition coefficient (Wildman–Crippen LogP) is 0.961. The van der Waals surface area contributed by atoms with Crippen LogP contribution in [0, 0.1) is 0 Å². The van der Waals surface area contributed by atoms with Gasteiger partial charge in [0, 0.05) is 31.2 Å². The van der Waals surface area contributed by atoms with Crippen molar-refractivity contribution in [1.82, 2.24) is 14.5 Å². The molecule has 1 aromatic carbocycles. The highest BCUT2D eigenvalue weighted by Gasteiger charge is 2.37. The Morgan fingerprint density at radius 1 is 1.27 bits per heavy atom. The highest BCUT2D eigenvalue weighted by atomic mass is 32.2. The largest absolute Gasteiger partial charge is 0.341 e. The maximum Gasteiger partial charge on any atom is 0.255 e. The SMILES string of the molecule is CC[C@@H](C(=O)N1CCC(NS(C)(=O)=O)CC1)N1Cc2ccccc2C1=O. The van der Waals surface area contributed by atoms with E-state index in [1.807, 2.05) is 25.1 Å². The predicted molar refractivity (Wildman–Crippen MR) is 98.0 cm³/mol. The highest BCUT2D eigenvalue weighted by molar-refractivity contribution is 7.88. The summed E-state index contributed by atoms with van der Waals surface area (Å²) in [4.78, 5) is 29.1. The summed E-state index contributed by atoms with van der Waals surface area (Å²) in [5.41, 5.74) is 1.63. The van der Waals surface area contributed by atoms with Gasteiger partial charge in [-0.2, -0.15) is 0 Å². The first-order valence-electron chi connectivity index (χ1n) is 8.95. The molecule has 2 aliphatic rings. The maximum atomic E-state index is 13.0. The minimum absolute atomic E-state index is 0.0496. The van der Waals surface area contributed by atoms with Gasteiger partial charge in [-0.1, -0.05) is 25.1 Å². The van der Waals surface area contributed by atoms with E-state index in [0.29, 0.717) is 44.5 Å². The molecule has 3 rings (SSSR count). The molecule has 0 aliphatic carbocycles. The summed E-state index contributed by atoms with van der Waals surface area (Å²) in [6.45, 7) is 3.37. The van der Waals surface area contributed by atoms with Gasteiger partial charge < -0.3 is 9.80 Å². The number of benzene rings is 1. The van der Waals surface area contributed by atoms with Crippen molar-refractivity contribution in [3.63, 3.8) is 0 Å². The summed E-state index contributed by atoms with van der Waals surface area (Å²) < 4.78 is 25.3. The number of rotatable bonds is 5. The van der Waals surface area contributed by atoms with Gasteiger partial charge in [-0.15, -0.1) is 0 Å². The Balaban J connectivity index is 1.65. The van der Waals surface area contributed by atoms with Crippen LogP contribution in [0.25, 0.3) is 0 Å². The van der Waals surface area contributed by atoms with Crippen LogP contribution in [0.1, 0.15) is 42.1 Å². The van der Waals surface area contributed by atoms with Gasteiger partial charge in [-0.25, -0.2) is 13.1 Å². The van der Waals surface area contributed by atoms with E-state index in [9.17, 15) is 18.0 Å². The molecule has 142 valence electrons. The molecular formula is C18H25N3O4S. The summed E-state index contributed by atoms with van der Waals surface area (Å²) in [6.07, 6.45) is 2.88. The minimum atomic E-state index is -3.24. The zero-order valence-electron chi connectivity index (χ0n) is 15.1. The van der Waals surface area contributed by atoms with E-state index in [1.165, 1.54) is 0 Å². The number of fused-ring (bicyclic) bond motifs is 1. The fourth-order valence-electron chi connectivity index (χ4n) is 3.79. The topological polar surface area (TPSA) is 86.8 Å². The number of amides is 2. The molecule has 2 heterocycles. The fraction of sp³-hybridized carbons (Fsp3) is 0.556. The summed E-state index contributed by atoms with van der Waals surface area (Å²) >= 11 is 0. The molecule has 0 bridgehead atoms. The van der Waals surface area contributed by atoms with Crippen LogP contribution >= 0.6 is 0 Å². The monoisotopic (exact) mass is 379 g/mol. The lowest BCUT2D eigenvalue weighted by Crippen LogP contribution is -2.53. The Hall–Kier alpha value is -1.93. The Labute approximate surface area is 154 Å². The van der Waals surface area contributed by atoms with Crippen molar-refractivity contribution in [2.24, 2.45) is 0 Å². The quantitative estimate of drug-likeness (QED) is 0.826. The Morgan fingerprint density at radius 3 is 2.50 bits per heavy atom. The van der Waals surface area contributed by atoms with Crippen molar-refractivity contribution in [2.45, 2.75) is 44.8 Å². The van der Waals surface area contributed by atoms with E-state index >= 15 is 0 Å². The lowest BCUT2D eigenvalue weighted by molar-refractivity contribution is -0.137. The number of nitrogens with one attached hydrogen (secondary N) is 1. The van der Waals surface area contributed by atoms with Crippen LogP contribution in [0.2, 0.25) is 0 Å². The Morgan fingerprint density at radius 2 is 1.92 bits per heavy atom. The standard InChI is InChI=1S/C18H25N3O4S/c1-3-16(21-12-13-6-4-5-7-15(13)17(21)22)18(23)20-10-8-14(9-11-20)19-26(2,24)25/h4-7,14,16,19H,3,8-12H2,1-2H3/t16-/m0/s1. The smallest absolute Gasteiger partial charge is 0.255 e. The number of likely N-dealkylation sites (tertiary alicyclic amines) is 1. The number of sulfonamides is 1. The van der Waals surface area contributed by atoms with Crippen molar-refractivity contribution in [1.29, 1.82) is 0 Å². The summed E-state index contributed by atoms with van der Waals surface area (Å²) in [7, 11) is -3.24. The molecule has 1 N–H and O–H groups in total. The van der Waals surface area contributed by atoms with E-state index in [-0.39, 0.29) is 17.9 Å². The third-order valence-electron chi connectivity index (χ3n) is 5.08. The van der Waals surface area contributed by atoms with Crippen molar-refractivity contribution < 1.29 is 18.0 Å². The summed E-state index contributed by atoms with van der Waals surface area (Å²) in [5.74, 6) is -0.138. The van der Waals surface area contributed by atoms with Crippen LogP contribution < -0.4 is 4.72 Å². The van der Waals surface area contributed by atoms with Crippen LogP contribution in [-0.2, 0) is 21.4 Å². The van der Waals surface area contributed by atoms with Gasteiger partial charge in [-0.05, 0) is 30.9 Å². The van der Waals surface area contributed by atoms with Crippen molar-refractivity contribution >= 4 is 21.8 Å². The third-order valence-corrected chi connectivity index (χ3v) is 5.85. The fourth-order valence-corrected chi connectivity index (χ4v) is 4.63. The van der Waals surface area contributed by atoms with E-state index in [1.54, 1.807) is 15.9 Å². The molecule has 2 aliphatic heterocycles. The van der Waals surface area contributed by atoms with E-state index in [2.05, 4.69) is 4.72 Å². The van der Waals surface area contributed by atoms with E-state index in [0.717, 1.165) is 11.8 Å². The second-order valence-electron chi connectivity index (χ2n) is 7.00. The molecule has 1 fully saturated rings. The average Bonchev–Trinajstić information content (AvgIpc) is 2.92. The van der Waals surface area contributed by atoms with Gasteiger partial charge in [-0.3, -0.25) is 9.59 Å². The number of hydrogen-bond acceptors (Lipinski definition) is 4. The molecule has 1 atom stereocenters. The molecule has 1 saturated heterocycles. The van der Waals surface area contributed by atoms with Crippen LogP contribution in [-0.4, -0.2) is 61.5 Å². The van der Waals surface area contributed by atoms with E-state index < -0.39 is 16.1 Å². The second-order valence-corrected chi connectivity index (χ2v) is 8.78. The molecule has 0 spiro atoms. The van der Waals surface area contributed by atoms with Crippen LogP contribution in [0.5, 0.6) is 0 Å². The summed E-state index contributed by atoms with van der Waals surface area (Å²) in [5, 5.41) is 0. The maximum absolute atomic E-state index is 13.0. The first-order valence-corrected chi connectivity index (χ1v) is 10.8. The van der Waals surface area contributed by atoms with Crippen molar-refractivity contribution in [3.05, 3.63) is 35.4 Å². The normalized spacial score (nSPS) is 19.5. The molecule has 2 amide bonds. The molecule has 0 aromatic heterocycles. The average molecular weight is 379 g/mol. The number of carbonyl (C=O) groups excluding carboxylic acids is 2. The van der Waals surface area contributed by atoms with Gasteiger partial charge in [0.2, 0.25) is 15.9 Å². The Bertz CT molecular complexity index is 800. The van der Waals surface area contributed by atoms with Crippen molar-refractivity contribution in [2.75, 3.05) is 19.3 Å². The van der Waals surface area contributed by atoms with Gasteiger partial charge in [0.1, 0.15) is 6.04 Å². The molecule has 1 aromatic rings. The summed E-state index contributed by atoms with van der Waals surface area (Å²) in [6, 6.07) is 6.85. The number of carbonyl (C=O) groups is 2. The molecule has 0 radical (unpaired) electrons.